The zero-order chi connectivity index (χ0) is 24.9. The fourth-order valence-electron chi connectivity index (χ4n) is 4.26. The minimum absolute atomic E-state index is 0.0534. The SMILES string of the molecule is Cc1ccc(N2C(=O)C(c3c(C)[nH]n(-c4ccc(Cl)cc4)c3=O)=C([n+]3cccc(C)c3)C2=O)cc1. The van der Waals surface area contributed by atoms with Crippen LogP contribution in [-0.2, 0) is 9.59 Å². The summed E-state index contributed by atoms with van der Waals surface area (Å²) < 4.78 is 2.95. The van der Waals surface area contributed by atoms with Crippen LogP contribution in [0.25, 0.3) is 17.0 Å². The lowest BCUT2D eigenvalue weighted by molar-refractivity contribution is -0.577. The van der Waals surface area contributed by atoms with Gasteiger partial charge in [-0.25, -0.2) is 9.58 Å². The summed E-state index contributed by atoms with van der Waals surface area (Å²) in [6.45, 7) is 5.53. The van der Waals surface area contributed by atoms with Crippen molar-refractivity contribution in [2.75, 3.05) is 4.90 Å². The molecule has 1 N–H and O–H groups in total. The smallest absolute Gasteiger partial charge is 0.295 e. The Bertz CT molecular complexity index is 1580. The highest BCUT2D eigenvalue weighted by Gasteiger charge is 2.48. The van der Waals surface area contributed by atoms with Crippen molar-refractivity contribution in [1.29, 1.82) is 0 Å². The van der Waals surface area contributed by atoms with Gasteiger partial charge >= 0.3 is 5.91 Å². The van der Waals surface area contributed by atoms with E-state index in [4.69, 9.17) is 11.6 Å². The lowest BCUT2D eigenvalue weighted by Crippen LogP contribution is -2.39. The molecular formula is C27H22ClN4O3+. The first-order valence-electron chi connectivity index (χ1n) is 11.0. The molecule has 3 heterocycles. The van der Waals surface area contributed by atoms with Gasteiger partial charge < -0.3 is 0 Å². The first-order valence-corrected chi connectivity index (χ1v) is 11.4. The van der Waals surface area contributed by atoms with Crippen molar-refractivity contribution in [1.82, 2.24) is 9.78 Å². The number of benzene rings is 2. The molecule has 2 amide bonds. The van der Waals surface area contributed by atoms with Crippen LogP contribution in [0.5, 0.6) is 0 Å². The molecule has 174 valence electrons. The Morgan fingerprint density at radius 2 is 1.46 bits per heavy atom. The molecule has 0 unspecified atom stereocenters. The van der Waals surface area contributed by atoms with E-state index in [1.165, 1.54) is 4.68 Å². The molecule has 0 saturated carbocycles. The van der Waals surface area contributed by atoms with Crippen molar-refractivity contribution in [2.24, 2.45) is 0 Å². The molecule has 0 saturated heterocycles. The number of aromatic amines is 1. The lowest BCUT2D eigenvalue weighted by Gasteiger charge is -2.14. The van der Waals surface area contributed by atoms with E-state index in [2.05, 4.69) is 5.10 Å². The van der Waals surface area contributed by atoms with E-state index >= 15 is 0 Å². The predicted molar refractivity (Wildman–Crippen MR) is 134 cm³/mol. The van der Waals surface area contributed by atoms with Crippen LogP contribution in [0, 0.1) is 20.8 Å². The number of nitrogens with one attached hydrogen (secondary N) is 1. The average molecular weight is 486 g/mol. The first kappa shape index (κ1) is 22.6. The summed E-state index contributed by atoms with van der Waals surface area (Å²) in [6, 6.07) is 17.6. The van der Waals surface area contributed by atoms with Gasteiger partial charge in [0.2, 0.25) is 0 Å². The fourth-order valence-corrected chi connectivity index (χ4v) is 4.38. The molecule has 4 aromatic rings. The second kappa shape index (κ2) is 8.52. The summed E-state index contributed by atoms with van der Waals surface area (Å²) in [4.78, 5) is 42.3. The summed E-state index contributed by atoms with van der Waals surface area (Å²) in [5.74, 6) is -1.05. The molecule has 0 fully saturated rings. The largest absolute Gasteiger partial charge is 0.331 e. The van der Waals surface area contributed by atoms with E-state index in [-0.39, 0.29) is 16.8 Å². The zero-order valence-electron chi connectivity index (χ0n) is 19.4. The number of carbonyl (C=O) groups excluding carboxylic acids is 2. The number of amides is 2. The van der Waals surface area contributed by atoms with Gasteiger partial charge in [0, 0.05) is 22.3 Å². The molecule has 7 nitrogen and oxygen atoms in total. The van der Waals surface area contributed by atoms with Crippen LogP contribution in [0.15, 0.2) is 77.9 Å². The third-order valence-corrected chi connectivity index (χ3v) is 6.22. The molecule has 0 radical (unpaired) electrons. The molecule has 0 aliphatic carbocycles. The van der Waals surface area contributed by atoms with Crippen LogP contribution in [0.4, 0.5) is 5.69 Å². The van der Waals surface area contributed by atoms with Crippen LogP contribution in [-0.4, -0.2) is 21.6 Å². The van der Waals surface area contributed by atoms with Crippen LogP contribution >= 0.6 is 11.6 Å². The van der Waals surface area contributed by atoms with E-state index in [0.29, 0.717) is 22.1 Å². The number of aryl methyl sites for hydroxylation is 3. The van der Waals surface area contributed by atoms with Gasteiger partial charge in [-0.15, -0.1) is 0 Å². The molecule has 0 bridgehead atoms. The molecular weight excluding hydrogens is 464 g/mol. The van der Waals surface area contributed by atoms with Gasteiger partial charge in [-0.05, 0) is 63.2 Å². The van der Waals surface area contributed by atoms with Crippen LogP contribution < -0.4 is 15.0 Å². The number of carbonyl (C=O) groups is 2. The number of rotatable bonds is 4. The number of hydrogen-bond acceptors (Lipinski definition) is 3. The summed E-state index contributed by atoms with van der Waals surface area (Å²) in [5.41, 5.74) is 3.27. The van der Waals surface area contributed by atoms with Crippen LogP contribution in [0.3, 0.4) is 0 Å². The Balaban J connectivity index is 1.75. The van der Waals surface area contributed by atoms with Crippen molar-refractivity contribution in [3.05, 3.63) is 111 Å². The van der Waals surface area contributed by atoms with E-state index in [9.17, 15) is 14.4 Å². The number of pyridine rings is 1. The van der Waals surface area contributed by atoms with E-state index in [1.807, 2.05) is 32.0 Å². The van der Waals surface area contributed by atoms with Crippen molar-refractivity contribution in [2.45, 2.75) is 20.8 Å². The molecule has 2 aromatic heterocycles. The Morgan fingerprint density at radius 1 is 0.800 bits per heavy atom. The summed E-state index contributed by atoms with van der Waals surface area (Å²) >= 11 is 6.00. The second-order valence-electron chi connectivity index (χ2n) is 8.52. The molecule has 8 heteroatoms. The van der Waals surface area contributed by atoms with Crippen molar-refractivity contribution < 1.29 is 14.2 Å². The topological polar surface area (TPSA) is 79.1 Å². The van der Waals surface area contributed by atoms with Gasteiger partial charge in [0.05, 0.1) is 16.9 Å². The van der Waals surface area contributed by atoms with Crippen molar-refractivity contribution in [3.63, 3.8) is 0 Å². The minimum Gasteiger partial charge on any atom is -0.295 e. The number of H-pyrrole nitrogens is 1. The number of nitrogens with zero attached hydrogens (tertiary/aromatic N) is 3. The fraction of sp³-hybridized carbons (Fsp3) is 0.111. The summed E-state index contributed by atoms with van der Waals surface area (Å²) in [6.07, 6.45) is 3.46. The molecule has 5 rings (SSSR count). The monoisotopic (exact) mass is 485 g/mol. The normalized spacial score (nSPS) is 13.8. The Labute approximate surface area is 206 Å². The lowest BCUT2D eigenvalue weighted by atomic mass is 10.1. The van der Waals surface area contributed by atoms with Gasteiger partial charge in [0.1, 0.15) is 5.57 Å². The highest BCUT2D eigenvalue weighted by atomic mass is 35.5. The van der Waals surface area contributed by atoms with Gasteiger partial charge in [-0.2, -0.15) is 4.57 Å². The third-order valence-electron chi connectivity index (χ3n) is 5.96. The third kappa shape index (κ3) is 3.80. The standard InChI is InChI=1S/C27H21ClN4O3/c1-16-6-10-20(11-7-16)31-25(33)23(24(27(31)35)30-14-4-5-17(2)15-30)22-18(3)29-32(26(22)34)21-12-8-19(28)9-13-21/h4-15H,1-3H3/p+1. The molecule has 0 atom stereocenters. The van der Waals surface area contributed by atoms with E-state index < -0.39 is 17.4 Å². The van der Waals surface area contributed by atoms with Gasteiger partial charge in [-0.3, -0.25) is 19.5 Å². The maximum atomic E-state index is 13.8. The van der Waals surface area contributed by atoms with Gasteiger partial charge in [0.15, 0.2) is 12.4 Å². The molecule has 1 aliphatic rings. The number of imide groups is 1. The maximum Gasteiger partial charge on any atom is 0.331 e. The Hall–Kier alpha value is -4.23. The number of anilines is 1. The highest BCUT2D eigenvalue weighted by molar-refractivity contribution is 6.53. The average Bonchev–Trinajstić information content (AvgIpc) is 3.26. The van der Waals surface area contributed by atoms with E-state index in [0.717, 1.165) is 16.0 Å². The highest BCUT2D eigenvalue weighted by Crippen LogP contribution is 2.33. The quantitative estimate of drug-likeness (QED) is 0.351. The Morgan fingerprint density at radius 3 is 2.11 bits per heavy atom. The maximum absolute atomic E-state index is 13.8. The number of hydrogen-bond donors (Lipinski definition) is 1. The zero-order valence-corrected chi connectivity index (χ0v) is 20.1. The van der Waals surface area contributed by atoms with Gasteiger partial charge in [-0.1, -0.05) is 29.3 Å². The first-order chi connectivity index (χ1) is 16.8. The summed E-state index contributed by atoms with van der Waals surface area (Å²) in [7, 11) is 0. The van der Waals surface area contributed by atoms with Crippen molar-refractivity contribution >= 4 is 40.4 Å². The Kier molecular flexibility index (Phi) is 5.49. The minimum atomic E-state index is -0.551. The van der Waals surface area contributed by atoms with E-state index in [1.54, 1.807) is 66.3 Å². The second-order valence-corrected chi connectivity index (χ2v) is 8.96. The van der Waals surface area contributed by atoms with Gasteiger partial charge in [0.25, 0.3) is 17.2 Å². The van der Waals surface area contributed by atoms with Crippen LogP contribution in [0.1, 0.15) is 22.4 Å². The molecule has 35 heavy (non-hydrogen) atoms. The molecule has 2 aromatic carbocycles. The van der Waals surface area contributed by atoms with Crippen LogP contribution in [0.2, 0.25) is 5.02 Å². The summed E-state index contributed by atoms with van der Waals surface area (Å²) in [5, 5.41) is 3.58. The molecule has 1 aliphatic heterocycles. The number of halogens is 1. The predicted octanol–water partition coefficient (Wildman–Crippen LogP) is 3.97. The molecule has 0 spiro atoms. The van der Waals surface area contributed by atoms with Crippen molar-refractivity contribution in [3.8, 4) is 5.69 Å². The number of aromatic nitrogens is 3.